The number of aliphatic hydroxyl groups excluding tert-OH is 3. The first kappa shape index (κ1) is 10.3. The summed E-state index contributed by atoms with van der Waals surface area (Å²) in [6, 6.07) is -1.48. The Morgan fingerprint density at radius 2 is 2.15 bits per heavy atom. The highest BCUT2D eigenvalue weighted by Gasteiger charge is 2.46. The third-order valence-electron chi connectivity index (χ3n) is 2.03. The Morgan fingerprint density at radius 3 is 2.62 bits per heavy atom. The van der Waals surface area contributed by atoms with E-state index in [2.05, 4.69) is 0 Å². The Balaban J connectivity index is 2.71. The van der Waals surface area contributed by atoms with Crippen LogP contribution in [0.15, 0.2) is 0 Å². The van der Waals surface area contributed by atoms with E-state index < -0.39 is 35.9 Å². The number of rotatable bonds is 2. The predicted molar refractivity (Wildman–Crippen MR) is 39.6 cm³/mol. The molecule has 1 saturated heterocycles. The van der Waals surface area contributed by atoms with Crippen molar-refractivity contribution in [3.8, 4) is 0 Å². The molecule has 0 aromatic carbocycles. The molecule has 1 heterocycles. The first-order chi connectivity index (χ1) is 6.07. The fourth-order valence-electron chi connectivity index (χ4n) is 1.29. The molecule has 1 fully saturated rings. The van der Waals surface area contributed by atoms with Crippen LogP contribution in [0, 0.1) is 10.1 Å². The SMILES string of the molecule is O=[N+]([O-])[C@H]1[C@@H](O)[C@@H](CO)OC[C@@H]1O. The zero-order valence-corrected chi connectivity index (χ0v) is 6.74. The minimum absolute atomic E-state index is 0.242. The second kappa shape index (κ2) is 3.97. The average Bonchev–Trinajstić information content (AvgIpc) is 2.04. The molecule has 1 rings (SSSR count). The molecule has 0 aromatic rings. The molecule has 0 bridgehead atoms. The van der Waals surface area contributed by atoms with Gasteiger partial charge in [-0.2, -0.15) is 0 Å². The Bertz CT molecular complexity index is 198. The quantitative estimate of drug-likeness (QED) is 0.337. The van der Waals surface area contributed by atoms with Crippen molar-refractivity contribution in [2.24, 2.45) is 0 Å². The summed E-state index contributed by atoms with van der Waals surface area (Å²) in [5.41, 5.74) is 0. The molecule has 3 N–H and O–H groups in total. The zero-order chi connectivity index (χ0) is 10.0. The summed E-state index contributed by atoms with van der Waals surface area (Å²) in [7, 11) is 0. The fourth-order valence-corrected chi connectivity index (χ4v) is 1.29. The molecule has 13 heavy (non-hydrogen) atoms. The van der Waals surface area contributed by atoms with Crippen molar-refractivity contribution in [3.05, 3.63) is 10.1 Å². The third-order valence-corrected chi connectivity index (χ3v) is 2.03. The lowest BCUT2D eigenvalue weighted by Gasteiger charge is -2.31. The van der Waals surface area contributed by atoms with E-state index in [0.717, 1.165) is 0 Å². The highest BCUT2D eigenvalue weighted by Crippen LogP contribution is 2.17. The minimum atomic E-state index is -1.48. The van der Waals surface area contributed by atoms with Crippen LogP contribution in [0.4, 0.5) is 0 Å². The molecule has 0 amide bonds. The second-order valence-electron chi connectivity index (χ2n) is 2.89. The number of hydrogen-bond donors (Lipinski definition) is 3. The molecule has 4 atom stereocenters. The van der Waals surface area contributed by atoms with E-state index >= 15 is 0 Å². The van der Waals surface area contributed by atoms with Crippen LogP contribution in [0.2, 0.25) is 0 Å². The summed E-state index contributed by atoms with van der Waals surface area (Å²) in [5.74, 6) is 0. The summed E-state index contributed by atoms with van der Waals surface area (Å²) in [4.78, 5) is 9.62. The summed E-state index contributed by atoms with van der Waals surface area (Å²) < 4.78 is 4.78. The van der Waals surface area contributed by atoms with Crippen LogP contribution in [-0.2, 0) is 4.74 Å². The van der Waals surface area contributed by atoms with Gasteiger partial charge in [0, 0.05) is 4.92 Å². The molecule has 0 aliphatic carbocycles. The van der Waals surface area contributed by atoms with Crippen LogP contribution >= 0.6 is 0 Å². The van der Waals surface area contributed by atoms with Crippen LogP contribution in [0.3, 0.4) is 0 Å². The van der Waals surface area contributed by atoms with Crippen LogP contribution in [0.5, 0.6) is 0 Å². The van der Waals surface area contributed by atoms with Gasteiger partial charge in [-0.05, 0) is 0 Å². The molecule has 1 aliphatic heterocycles. The van der Waals surface area contributed by atoms with Gasteiger partial charge in [-0.1, -0.05) is 0 Å². The maximum atomic E-state index is 10.4. The van der Waals surface area contributed by atoms with Gasteiger partial charge in [-0.3, -0.25) is 10.1 Å². The van der Waals surface area contributed by atoms with E-state index in [-0.39, 0.29) is 6.61 Å². The average molecular weight is 193 g/mol. The predicted octanol–water partition coefficient (Wildman–Crippen LogP) is -2.26. The first-order valence-corrected chi connectivity index (χ1v) is 3.80. The number of hydrogen-bond acceptors (Lipinski definition) is 6. The van der Waals surface area contributed by atoms with Crippen LogP contribution < -0.4 is 0 Å². The van der Waals surface area contributed by atoms with Crippen LogP contribution in [-0.4, -0.2) is 57.8 Å². The Morgan fingerprint density at radius 1 is 1.54 bits per heavy atom. The van der Waals surface area contributed by atoms with Crippen molar-refractivity contribution in [2.75, 3.05) is 13.2 Å². The Kier molecular flexibility index (Phi) is 3.15. The molecule has 0 unspecified atom stereocenters. The molecule has 0 aromatic heterocycles. The molecule has 0 radical (unpaired) electrons. The smallest absolute Gasteiger partial charge is 0.268 e. The van der Waals surface area contributed by atoms with Gasteiger partial charge in [0.2, 0.25) is 0 Å². The monoisotopic (exact) mass is 193 g/mol. The maximum Gasteiger partial charge on any atom is 0.268 e. The molecule has 7 nitrogen and oxygen atoms in total. The number of nitrogens with zero attached hydrogens (tertiary/aromatic N) is 1. The van der Waals surface area contributed by atoms with Crippen molar-refractivity contribution in [2.45, 2.75) is 24.4 Å². The highest BCUT2D eigenvalue weighted by molar-refractivity contribution is 4.86. The van der Waals surface area contributed by atoms with Crippen LogP contribution in [0.25, 0.3) is 0 Å². The largest absolute Gasteiger partial charge is 0.394 e. The van der Waals surface area contributed by atoms with Gasteiger partial charge >= 0.3 is 0 Å². The summed E-state index contributed by atoms with van der Waals surface area (Å²) >= 11 is 0. The van der Waals surface area contributed by atoms with Gasteiger partial charge in [0.05, 0.1) is 13.2 Å². The molecule has 1 aliphatic rings. The lowest BCUT2D eigenvalue weighted by Crippen LogP contribution is -2.57. The normalized spacial score (nSPS) is 40.2. The maximum absolute atomic E-state index is 10.4. The van der Waals surface area contributed by atoms with Crippen molar-refractivity contribution in [3.63, 3.8) is 0 Å². The fraction of sp³-hybridized carbons (Fsp3) is 1.00. The van der Waals surface area contributed by atoms with Crippen LogP contribution in [0.1, 0.15) is 0 Å². The van der Waals surface area contributed by atoms with Gasteiger partial charge in [0.25, 0.3) is 6.04 Å². The summed E-state index contributed by atoms with van der Waals surface area (Å²) in [6.45, 7) is -0.744. The Labute approximate surface area is 73.7 Å². The van der Waals surface area contributed by atoms with Crippen molar-refractivity contribution < 1.29 is 25.0 Å². The summed E-state index contributed by atoms with van der Waals surface area (Å²) in [5, 5.41) is 37.4. The minimum Gasteiger partial charge on any atom is -0.394 e. The lowest BCUT2D eigenvalue weighted by atomic mass is 9.98. The van der Waals surface area contributed by atoms with Crippen molar-refractivity contribution in [1.82, 2.24) is 0 Å². The van der Waals surface area contributed by atoms with E-state index in [9.17, 15) is 15.2 Å². The number of nitro groups is 1. The number of ether oxygens (including phenoxy) is 1. The molecule has 7 heteroatoms. The Hall–Kier alpha value is -0.760. The third kappa shape index (κ3) is 1.94. The van der Waals surface area contributed by atoms with Gasteiger partial charge in [0.1, 0.15) is 12.2 Å². The molecule has 0 saturated carbocycles. The van der Waals surface area contributed by atoms with Gasteiger partial charge in [-0.15, -0.1) is 0 Å². The van der Waals surface area contributed by atoms with Gasteiger partial charge in [0.15, 0.2) is 6.10 Å². The molecular formula is C6H11NO6. The standard InChI is InChI=1S/C6H11NO6/c8-1-4-6(10)5(7(11)12)3(9)2-13-4/h3-6,8-10H,1-2H2/t3-,4+,5+,6-/m0/s1. The molecule has 76 valence electrons. The van der Waals surface area contributed by atoms with Crippen molar-refractivity contribution >= 4 is 0 Å². The van der Waals surface area contributed by atoms with E-state index in [0.29, 0.717) is 0 Å². The zero-order valence-electron chi connectivity index (χ0n) is 6.74. The van der Waals surface area contributed by atoms with Gasteiger partial charge < -0.3 is 20.1 Å². The van der Waals surface area contributed by atoms with E-state index in [1.807, 2.05) is 0 Å². The van der Waals surface area contributed by atoms with Crippen molar-refractivity contribution in [1.29, 1.82) is 0 Å². The molecule has 0 spiro atoms. The summed E-state index contributed by atoms with van der Waals surface area (Å²) in [6.07, 6.45) is -3.78. The lowest BCUT2D eigenvalue weighted by molar-refractivity contribution is -0.556. The number of aliphatic hydroxyl groups is 3. The topological polar surface area (TPSA) is 113 Å². The van der Waals surface area contributed by atoms with Gasteiger partial charge in [-0.25, -0.2) is 0 Å². The van der Waals surface area contributed by atoms with E-state index in [4.69, 9.17) is 14.9 Å². The second-order valence-corrected chi connectivity index (χ2v) is 2.89. The highest BCUT2D eigenvalue weighted by atomic mass is 16.6. The first-order valence-electron chi connectivity index (χ1n) is 3.80. The molecular weight excluding hydrogens is 182 g/mol. The van der Waals surface area contributed by atoms with E-state index in [1.165, 1.54) is 0 Å². The van der Waals surface area contributed by atoms with E-state index in [1.54, 1.807) is 0 Å².